The van der Waals surface area contributed by atoms with Crippen molar-refractivity contribution in [3.05, 3.63) is 52.7 Å². The molecule has 0 spiro atoms. The van der Waals surface area contributed by atoms with Crippen LogP contribution in [0.4, 0.5) is 5.69 Å². The summed E-state index contributed by atoms with van der Waals surface area (Å²) < 4.78 is 1.74. The minimum Gasteiger partial charge on any atom is -0.312 e. The minimum atomic E-state index is -0.284. The number of carbonyl (C=O) groups excluding carboxylic acids is 1. The fourth-order valence-electron chi connectivity index (χ4n) is 2.43. The number of nitrogens with zero attached hydrogens (tertiary/aromatic N) is 5. The summed E-state index contributed by atoms with van der Waals surface area (Å²) in [4.78, 5) is 15.8. The number of anilines is 1. The predicted octanol–water partition coefficient (Wildman–Crippen LogP) is 3.32. The number of hydrogen-bond donors (Lipinski definition) is 0. The van der Waals surface area contributed by atoms with Gasteiger partial charge in [0.05, 0.1) is 11.8 Å². The molecule has 25 heavy (non-hydrogen) atoms. The van der Waals surface area contributed by atoms with Gasteiger partial charge in [-0.15, -0.1) is 16.4 Å². The summed E-state index contributed by atoms with van der Waals surface area (Å²) in [5, 5.41) is 14.3. The maximum Gasteiger partial charge on any atom is 0.240 e. The van der Waals surface area contributed by atoms with E-state index in [1.54, 1.807) is 20.9 Å². The van der Waals surface area contributed by atoms with E-state index in [1.807, 2.05) is 61.7 Å². The van der Waals surface area contributed by atoms with Crippen LogP contribution in [0.2, 0.25) is 0 Å². The molecular formula is C17H19N5OS2. The molecule has 8 heteroatoms. The highest BCUT2D eigenvalue weighted by atomic mass is 32.2. The van der Waals surface area contributed by atoms with Crippen molar-refractivity contribution in [1.82, 2.24) is 20.2 Å². The first-order chi connectivity index (χ1) is 12.2. The van der Waals surface area contributed by atoms with Crippen LogP contribution in [0.3, 0.4) is 0 Å². The molecule has 2 heterocycles. The molecular weight excluding hydrogens is 354 g/mol. The van der Waals surface area contributed by atoms with Gasteiger partial charge in [0.2, 0.25) is 11.1 Å². The minimum absolute atomic E-state index is 0.0457. The molecule has 0 saturated heterocycles. The summed E-state index contributed by atoms with van der Waals surface area (Å²) in [5.74, 6) is 0.0457. The van der Waals surface area contributed by atoms with Crippen molar-refractivity contribution in [1.29, 1.82) is 0 Å². The molecule has 0 saturated carbocycles. The highest BCUT2D eigenvalue weighted by molar-refractivity contribution is 8.00. The van der Waals surface area contributed by atoms with Crippen LogP contribution >= 0.6 is 23.1 Å². The molecule has 6 nitrogen and oxygen atoms in total. The Hall–Kier alpha value is -2.19. The van der Waals surface area contributed by atoms with Crippen LogP contribution in [0.1, 0.15) is 18.7 Å². The van der Waals surface area contributed by atoms with Crippen LogP contribution in [0.5, 0.6) is 0 Å². The smallest absolute Gasteiger partial charge is 0.240 e. The van der Waals surface area contributed by atoms with Gasteiger partial charge in [0.1, 0.15) is 0 Å². The van der Waals surface area contributed by atoms with E-state index in [0.29, 0.717) is 18.2 Å². The molecule has 1 unspecified atom stereocenters. The molecule has 1 aromatic carbocycles. The number of hydrogen-bond acceptors (Lipinski definition) is 6. The lowest BCUT2D eigenvalue weighted by Crippen LogP contribution is -2.36. The second-order valence-corrected chi connectivity index (χ2v) is 7.72. The number of thioether (sulfide) groups is 1. The Morgan fingerprint density at radius 3 is 2.76 bits per heavy atom. The fraction of sp³-hybridized carbons (Fsp3) is 0.294. The van der Waals surface area contributed by atoms with Gasteiger partial charge in [0.15, 0.2) is 0 Å². The van der Waals surface area contributed by atoms with Gasteiger partial charge in [-0.25, -0.2) is 4.68 Å². The van der Waals surface area contributed by atoms with Crippen LogP contribution in [-0.2, 0) is 11.3 Å². The lowest BCUT2D eigenvalue weighted by molar-refractivity contribution is -0.117. The Bertz CT molecular complexity index is 804. The van der Waals surface area contributed by atoms with E-state index < -0.39 is 0 Å². The normalized spacial score (nSPS) is 12.1. The Balaban J connectivity index is 1.70. The molecule has 1 atom stereocenters. The summed E-state index contributed by atoms with van der Waals surface area (Å²) in [5.41, 5.74) is 0.903. The highest BCUT2D eigenvalue weighted by Crippen LogP contribution is 2.25. The van der Waals surface area contributed by atoms with Crippen LogP contribution in [0.15, 0.2) is 53.0 Å². The molecule has 2 aromatic heterocycles. The number of amides is 1. The zero-order valence-electron chi connectivity index (χ0n) is 14.1. The number of para-hydroxylation sites is 1. The van der Waals surface area contributed by atoms with Crippen LogP contribution < -0.4 is 4.90 Å². The highest BCUT2D eigenvalue weighted by Gasteiger charge is 2.24. The standard InChI is InChI=1S/C17H19N5OS2/c1-3-21(14-8-5-4-6-9-14)16(23)13(2)25-17-18-19-20-22(17)12-15-10-7-11-24-15/h4-11,13H,3,12H2,1-2H3. The van der Waals surface area contributed by atoms with E-state index in [0.717, 1.165) is 5.69 Å². The molecule has 0 radical (unpaired) electrons. The van der Waals surface area contributed by atoms with E-state index in [1.165, 1.54) is 16.6 Å². The number of thiophene rings is 1. The van der Waals surface area contributed by atoms with Gasteiger partial charge in [-0.3, -0.25) is 4.79 Å². The van der Waals surface area contributed by atoms with Crippen molar-refractivity contribution in [2.75, 3.05) is 11.4 Å². The van der Waals surface area contributed by atoms with Crippen molar-refractivity contribution in [2.24, 2.45) is 0 Å². The molecule has 0 aliphatic heterocycles. The van der Waals surface area contributed by atoms with Crippen molar-refractivity contribution in [3.8, 4) is 0 Å². The van der Waals surface area contributed by atoms with Gasteiger partial charge in [-0.05, 0) is 47.9 Å². The van der Waals surface area contributed by atoms with E-state index in [9.17, 15) is 4.79 Å². The molecule has 1 amide bonds. The fourth-order valence-corrected chi connectivity index (χ4v) is 3.97. The van der Waals surface area contributed by atoms with Gasteiger partial charge >= 0.3 is 0 Å². The van der Waals surface area contributed by atoms with Crippen LogP contribution in [0, 0.1) is 0 Å². The van der Waals surface area contributed by atoms with Crippen molar-refractivity contribution < 1.29 is 4.79 Å². The Kier molecular flexibility index (Phi) is 5.83. The maximum atomic E-state index is 12.9. The summed E-state index contributed by atoms with van der Waals surface area (Å²) in [6.07, 6.45) is 0. The monoisotopic (exact) mass is 373 g/mol. The lowest BCUT2D eigenvalue weighted by Gasteiger charge is -2.24. The van der Waals surface area contributed by atoms with Crippen molar-refractivity contribution in [2.45, 2.75) is 30.8 Å². The average Bonchev–Trinajstić information content (AvgIpc) is 3.29. The van der Waals surface area contributed by atoms with Crippen LogP contribution in [0.25, 0.3) is 0 Å². The van der Waals surface area contributed by atoms with Gasteiger partial charge in [-0.1, -0.05) is 36.0 Å². The van der Waals surface area contributed by atoms with E-state index in [4.69, 9.17) is 0 Å². The second kappa shape index (κ2) is 8.26. The molecule has 0 aliphatic carbocycles. The zero-order valence-corrected chi connectivity index (χ0v) is 15.7. The first kappa shape index (κ1) is 17.6. The first-order valence-electron chi connectivity index (χ1n) is 8.00. The predicted molar refractivity (Wildman–Crippen MR) is 101 cm³/mol. The second-order valence-electron chi connectivity index (χ2n) is 5.38. The van der Waals surface area contributed by atoms with E-state index in [2.05, 4.69) is 15.5 Å². The lowest BCUT2D eigenvalue weighted by atomic mass is 10.2. The van der Waals surface area contributed by atoms with Crippen molar-refractivity contribution in [3.63, 3.8) is 0 Å². The number of carbonyl (C=O) groups is 1. The van der Waals surface area contributed by atoms with Crippen molar-refractivity contribution >= 4 is 34.7 Å². The molecule has 0 fully saturated rings. The largest absolute Gasteiger partial charge is 0.312 e. The van der Waals surface area contributed by atoms with Gasteiger partial charge in [-0.2, -0.15) is 0 Å². The van der Waals surface area contributed by atoms with Crippen LogP contribution in [-0.4, -0.2) is 37.9 Å². The molecule has 130 valence electrons. The first-order valence-corrected chi connectivity index (χ1v) is 9.76. The summed E-state index contributed by atoms with van der Waals surface area (Å²) in [6, 6.07) is 13.7. The van der Waals surface area contributed by atoms with E-state index >= 15 is 0 Å². The number of aromatic nitrogens is 4. The molecule has 0 N–H and O–H groups in total. The van der Waals surface area contributed by atoms with Gasteiger partial charge < -0.3 is 4.90 Å². The third-order valence-electron chi connectivity index (χ3n) is 3.66. The Morgan fingerprint density at radius 2 is 2.08 bits per heavy atom. The Labute approximate surface area is 154 Å². The van der Waals surface area contributed by atoms with Gasteiger partial charge in [0.25, 0.3) is 0 Å². The maximum absolute atomic E-state index is 12.9. The Morgan fingerprint density at radius 1 is 1.28 bits per heavy atom. The topological polar surface area (TPSA) is 63.9 Å². The summed E-state index contributed by atoms with van der Waals surface area (Å²) in [7, 11) is 0. The molecule has 3 aromatic rings. The van der Waals surface area contributed by atoms with E-state index in [-0.39, 0.29) is 11.2 Å². The third kappa shape index (κ3) is 4.26. The third-order valence-corrected chi connectivity index (χ3v) is 5.58. The number of benzene rings is 1. The zero-order chi connectivity index (χ0) is 17.6. The number of rotatable bonds is 7. The summed E-state index contributed by atoms with van der Waals surface area (Å²) in [6.45, 7) is 5.10. The molecule has 0 aliphatic rings. The average molecular weight is 374 g/mol. The summed E-state index contributed by atoms with van der Waals surface area (Å²) >= 11 is 3.05. The van der Waals surface area contributed by atoms with Gasteiger partial charge in [0, 0.05) is 17.1 Å². The molecule has 0 bridgehead atoms. The molecule has 3 rings (SSSR count). The SMILES string of the molecule is CCN(C(=O)C(C)Sc1nnnn1Cc1cccs1)c1ccccc1. The quantitative estimate of drug-likeness (QED) is 0.595. The number of tetrazole rings is 1.